The van der Waals surface area contributed by atoms with Gasteiger partial charge in [0.1, 0.15) is 6.10 Å². The van der Waals surface area contributed by atoms with Gasteiger partial charge in [-0.05, 0) is 24.3 Å². The molecule has 4 nitrogen and oxygen atoms in total. The van der Waals surface area contributed by atoms with E-state index in [1.54, 1.807) is 0 Å². The zero-order chi connectivity index (χ0) is 14.0. The third-order valence-corrected chi connectivity index (χ3v) is 2.58. The van der Waals surface area contributed by atoms with E-state index < -0.39 is 23.8 Å². The van der Waals surface area contributed by atoms with Gasteiger partial charge in [-0.15, -0.1) is 0 Å². The predicted molar refractivity (Wildman–Crippen MR) is 60.0 cm³/mol. The van der Waals surface area contributed by atoms with E-state index in [0.717, 1.165) is 12.1 Å². The van der Waals surface area contributed by atoms with E-state index >= 15 is 0 Å². The van der Waals surface area contributed by atoms with E-state index in [-0.39, 0.29) is 18.9 Å². The molecule has 1 aliphatic heterocycles. The van der Waals surface area contributed by atoms with Gasteiger partial charge in [-0.2, -0.15) is 13.2 Å². The molecule has 1 N–H and O–H groups in total. The lowest BCUT2D eigenvalue weighted by Crippen LogP contribution is -2.18. The summed E-state index contributed by atoms with van der Waals surface area (Å²) in [5.74, 6) is -0.825. The van der Waals surface area contributed by atoms with Crippen molar-refractivity contribution in [3.8, 4) is 0 Å². The molecule has 0 amide bonds. The van der Waals surface area contributed by atoms with Crippen LogP contribution in [0, 0.1) is 0 Å². The van der Waals surface area contributed by atoms with Crippen LogP contribution in [0.1, 0.15) is 17.5 Å². The fourth-order valence-corrected chi connectivity index (χ4v) is 1.68. The minimum absolute atomic E-state index is 0.181. The van der Waals surface area contributed by atoms with Crippen LogP contribution in [0.3, 0.4) is 0 Å². The van der Waals surface area contributed by atoms with Crippen molar-refractivity contribution in [1.29, 1.82) is 0 Å². The molecule has 0 saturated heterocycles. The van der Waals surface area contributed by atoms with E-state index in [1.165, 1.54) is 12.1 Å². The Morgan fingerprint density at radius 1 is 1.37 bits per heavy atom. The number of nitrogens with zero attached hydrogens (tertiary/aromatic N) is 1. The smallest absolute Gasteiger partial charge is 0.416 e. The predicted octanol–water partition coefficient (Wildman–Crippen LogP) is 2.33. The number of alkyl halides is 3. The van der Waals surface area contributed by atoms with Crippen LogP contribution in [0.4, 0.5) is 13.2 Å². The van der Waals surface area contributed by atoms with Crippen molar-refractivity contribution in [3.05, 3.63) is 35.4 Å². The van der Waals surface area contributed by atoms with Gasteiger partial charge in [0.15, 0.2) is 0 Å². The summed E-state index contributed by atoms with van der Waals surface area (Å²) >= 11 is 0. The van der Waals surface area contributed by atoms with Crippen molar-refractivity contribution in [2.45, 2.75) is 18.7 Å². The molecule has 0 aromatic heterocycles. The maximum atomic E-state index is 12.4. The second-order valence-electron chi connectivity index (χ2n) is 4.06. The molecule has 0 saturated carbocycles. The Hall–Kier alpha value is -2.05. The average Bonchev–Trinajstić information content (AvgIpc) is 2.75. The summed E-state index contributed by atoms with van der Waals surface area (Å²) in [7, 11) is 0. The van der Waals surface area contributed by atoms with Crippen LogP contribution in [-0.4, -0.2) is 29.6 Å². The van der Waals surface area contributed by atoms with Gasteiger partial charge >= 0.3 is 12.1 Å². The number of carboxylic acids is 1. The van der Waals surface area contributed by atoms with E-state index in [2.05, 4.69) is 4.99 Å². The van der Waals surface area contributed by atoms with Gasteiger partial charge in [-0.25, -0.2) is 4.99 Å². The van der Waals surface area contributed by atoms with Gasteiger partial charge in [0.05, 0.1) is 18.5 Å². The Bertz CT molecular complexity index is 508. The molecule has 0 radical (unpaired) electrons. The molecule has 1 aliphatic rings. The molecular weight excluding hydrogens is 263 g/mol. The lowest BCUT2D eigenvalue weighted by Gasteiger charge is -2.10. The molecule has 1 aromatic rings. The molecule has 1 aromatic carbocycles. The number of rotatable bonds is 3. The summed E-state index contributed by atoms with van der Waals surface area (Å²) in [5.41, 5.74) is -0.349. The van der Waals surface area contributed by atoms with E-state index in [0.29, 0.717) is 5.56 Å². The molecule has 2 rings (SSSR count). The summed E-state index contributed by atoms with van der Waals surface area (Å²) < 4.78 is 42.4. The second kappa shape index (κ2) is 4.91. The van der Waals surface area contributed by atoms with Crippen molar-refractivity contribution in [2.24, 2.45) is 4.99 Å². The molecule has 19 heavy (non-hydrogen) atoms. The molecule has 0 bridgehead atoms. The van der Waals surface area contributed by atoms with Crippen LogP contribution >= 0.6 is 0 Å². The molecular formula is C12H10F3NO3. The standard InChI is InChI=1S/C12H10F3NO3/c13-12(14,15)8-3-1-7(2-4-8)11-16-6-9(19-11)5-10(17)18/h1-4,9H,5-6H2,(H,17,18). The third-order valence-electron chi connectivity index (χ3n) is 2.58. The Balaban J connectivity index is 2.06. The number of halogens is 3. The van der Waals surface area contributed by atoms with Gasteiger partial charge in [0, 0.05) is 5.56 Å². The van der Waals surface area contributed by atoms with Crippen molar-refractivity contribution in [1.82, 2.24) is 0 Å². The van der Waals surface area contributed by atoms with Crippen LogP contribution in [0.2, 0.25) is 0 Å². The highest BCUT2D eigenvalue weighted by molar-refractivity contribution is 5.95. The zero-order valence-corrected chi connectivity index (χ0v) is 9.65. The van der Waals surface area contributed by atoms with E-state index in [9.17, 15) is 18.0 Å². The topological polar surface area (TPSA) is 58.9 Å². The number of carbonyl (C=O) groups is 1. The number of hydrogen-bond acceptors (Lipinski definition) is 3. The van der Waals surface area contributed by atoms with Gasteiger partial charge in [0.2, 0.25) is 5.90 Å². The van der Waals surface area contributed by atoms with Crippen molar-refractivity contribution >= 4 is 11.9 Å². The molecule has 1 atom stereocenters. The molecule has 1 unspecified atom stereocenters. The molecule has 102 valence electrons. The highest BCUT2D eigenvalue weighted by atomic mass is 19.4. The Labute approximate surface area is 106 Å². The van der Waals surface area contributed by atoms with E-state index in [4.69, 9.17) is 9.84 Å². The first-order valence-corrected chi connectivity index (χ1v) is 5.47. The normalized spacial score (nSPS) is 18.9. The Morgan fingerprint density at radius 3 is 2.53 bits per heavy atom. The Morgan fingerprint density at radius 2 is 2.00 bits per heavy atom. The van der Waals surface area contributed by atoms with Crippen LogP contribution in [0.15, 0.2) is 29.3 Å². The number of hydrogen-bond donors (Lipinski definition) is 1. The summed E-state index contributed by atoms with van der Waals surface area (Å²) in [5, 5.41) is 8.60. The summed E-state index contributed by atoms with van der Waals surface area (Å²) in [4.78, 5) is 14.5. The quantitative estimate of drug-likeness (QED) is 0.919. The lowest BCUT2D eigenvalue weighted by molar-refractivity contribution is -0.139. The summed E-state index contributed by atoms with van der Waals surface area (Å²) in [6.45, 7) is 0.197. The second-order valence-corrected chi connectivity index (χ2v) is 4.06. The van der Waals surface area contributed by atoms with Gasteiger partial charge in [-0.1, -0.05) is 0 Å². The fourth-order valence-electron chi connectivity index (χ4n) is 1.68. The summed E-state index contributed by atoms with van der Waals surface area (Å²) in [6, 6.07) is 4.38. The zero-order valence-electron chi connectivity index (χ0n) is 9.65. The first kappa shape index (κ1) is 13.4. The van der Waals surface area contributed by atoms with Crippen LogP contribution in [0.5, 0.6) is 0 Å². The fraction of sp³-hybridized carbons (Fsp3) is 0.333. The number of aliphatic imine (C=N–C) groups is 1. The van der Waals surface area contributed by atoms with Gasteiger partial charge in [-0.3, -0.25) is 4.79 Å². The first-order valence-electron chi connectivity index (χ1n) is 5.47. The lowest BCUT2D eigenvalue weighted by atomic mass is 10.1. The van der Waals surface area contributed by atoms with Gasteiger partial charge < -0.3 is 9.84 Å². The number of carboxylic acid groups (broad SMARTS) is 1. The highest BCUT2D eigenvalue weighted by Crippen LogP contribution is 2.29. The monoisotopic (exact) mass is 273 g/mol. The van der Waals surface area contributed by atoms with Gasteiger partial charge in [0.25, 0.3) is 0 Å². The average molecular weight is 273 g/mol. The highest BCUT2D eigenvalue weighted by Gasteiger charge is 2.30. The van der Waals surface area contributed by atoms with Crippen LogP contribution < -0.4 is 0 Å². The minimum Gasteiger partial charge on any atom is -0.481 e. The first-order chi connectivity index (χ1) is 8.86. The molecule has 0 aliphatic carbocycles. The molecule has 1 heterocycles. The van der Waals surface area contributed by atoms with Crippen molar-refractivity contribution < 1.29 is 27.8 Å². The number of aliphatic carboxylic acids is 1. The number of ether oxygens (including phenoxy) is 1. The maximum Gasteiger partial charge on any atom is 0.416 e. The van der Waals surface area contributed by atoms with Crippen molar-refractivity contribution in [2.75, 3.05) is 6.54 Å². The largest absolute Gasteiger partial charge is 0.481 e. The maximum absolute atomic E-state index is 12.4. The van der Waals surface area contributed by atoms with Crippen molar-refractivity contribution in [3.63, 3.8) is 0 Å². The molecule has 7 heteroatoms. The minimum atomic E-state index is -4.39. The van der Waals surface area contributed by atoms with E-state index in [1.807, 2.05) is 0 Å². The molecule has 0 fully saturated rings. The van der Waals surface area contributed by atoms with Crippen LogP contribution in [0.25, 0.3) is 0 Å². The third kappa shape index (κ3) is 3.24. The number of benzene rings is 1. The SMILES string of the molecule is O=C(O)CC1CN=C(c2ccc(C(F)(F)F)cc2)O1. The van der Waals surface area contributed by atoms with Crippen LogP contribution in [-0.2, 0) is 15.7 Å². The molecule has 0 spiro atoms. The Kier molecular flexibility index (Phi) is 3.46. The summed E-state index contributed by atoms with van der Waals surface area (Å²) in [6.07, 6.45) is -5.13.